The molecule has 0 aliphatic heterocycles. The predicted molar refractivity (Wildman–Crippen MR) is 106 cm³/mol. The number of aliphatic carboxylic acids is 2. The second-order valence-corrected chi connectivity index (χ2v) is 6.42. The van der Waals surface area contributed by atoms with Gasteiger partial charge in [0.25, 0.3) is 0 Å². The Kier molecular flexibility index (Phi) is 24.4. The van der Waals surface area contributed by atoms with E-state index in [1.54, 1.807) is 0 Å². The molecule has 0 bridgehead atoms. The minimum Gasteiger partial charge on any atom is -0.481 e. The van der Waals surface area contributed by atoms with Crippen molar-refractivity contribution in [1.29, 1.82) is 0 Å². The van der Waals surface area contributed by atoms with E-state index in [1.807, 2.05) is 28.2 Å². The van der Waals surface area contributed by atoms with Crippen LogP contribution in [0, 0.1) is 23.7 Å². The molecule has 0 amide bonds. The van der Waals surface area contributed by atoms with Gasteiger partial charge in [0.15, 0.2) is 0 Å². The molecule has 2 aliphatic carbocycles. The molecule has 2 aliphatic rings. The molecule has 0 aromatic rings. The van der Waals surface area contributed by atoms with E-state index in [0.717, 1.165) is 0 Å². The summed E-state index contributed by atoms with van der Waals surface area (Å²) in [5.41, 5.74) is 0. The van der Waals surface area contributed by atoms with Crippen LogP contribution in [0.4, 0.5) is 0 Å². The predicted octanol–water partition coefficient (Wildman–Crippen LogP) is 1.68. The molecule has 2 rings (SSSR count). The van der Waals surface area contributed by atoms with Crippen LogP contribution in [0.15, 0.2) is 0 Å². The molecule has 4 atom stereocenters. The summed E-state index contributed by atoms with van der Waals surface area (Å²) in [5, 5.41) is 23.2. The third kappa shape index (κ3) is 12.0. The van der Waals surface area contributed by atoms with Crippen LogP contribution >= 0.6 is 0 Å². The fourth-order valence-electron chi connectivity index (χ4n) is 2.62. The van der Waals surface area contributed by atoms with Gasteiger partial charge in [-0.3, -0.25) is 19.2 Å². The van der Waals surface area contributed by atoms with Crippen LogP contribution in [0.1, 0.15) is 47.0 Å². The summed E-state index contributed by atoms with van der Waals surface area (Å²) in [6, 6.07) is 0. The molecule has 0 heterocycles. The van der Waals surface area contributed by atoms with E-state index in [1.165, 1.54) is 39.5 Å². The Morgan fingerprint density at radius 3 is 0.893 bits per heavy atom. The zero-order valence-corrected chi connectivity index (χ0v) is 20.1. The number of carboxylic acids is 2. The van der Waals surface area contributed by atoms with Crippen molar-refractivity contribution in [1.82, 2.24) is 10.6 Å². The molecular weight excluding hydrogens is 441 g/mol. The average Bonchev–Trinajstić information content (AvgIpc) is 2.34. The molecule has 28 heavy (non-hydrogen) atoms. The number of carbonyl (C=O) groups excluding carboxylic acids is 2. The van der Waals surface area contributed by atoms with Crippen molar-refractivity contribution in [2.24, 2.45) is 23.7 Å². The van der Waals surface area contributed by atoms with E-state index >= 15 is 0 Å². The number of nitrogens with one attached hydrogen (secondary N) is 2. The number of carbonyl (C=O) groups is 4. The van der Waals surface area contributed by atoms with Gasteiger partial charge >= 0.3 is 11.9 Å². The van der Waals surface area contributed by atoms with Crippen LogP contribution in [0.5, 0.6) is 0 Å². The van der Waals surface area contributed by atoms with Gasteiger partial charge in [-0.1, -0.05) is 33.1 Å². The van der Waals surface area contributed by atoms with Crippen molar-refractivity contribution < 1.29 is 62.1 Å². The Hall–Kier alpha value is -0.696. The Balaban J connectivity index is -0.000000199. The number of rotatable bonds is 4. The van der Waals surface area contributed by atoms with Crippen LogP contribution in [0.3, 0.4) is 0 Å². The molecule has 9 heteroatoms. The van der Waals surface area contributed by atoms with Crippen molar-refractivity contribution in [2.75, 3.05) is 28.2 Å². The average molecular weight is 479 g/mol. The van der Waals surface area contributed by atoms with Gasteiger partial charge in [0.05, 0.1) is 11.8 Å². The molecule has 0 aromatic carbocycles. The van der Waals surface area contributed by atoms with Gasteiger partial charge in [-0.15, -0.1) is 0 Å². The minimum absolute atomic E-state index is 0. The smallest absolute Gasteiger partial charge is 0.308 e. The second kappa shape index (κ2) is 19.6. The molecule has 0 aromatic heterocycles. The molecule has 2 saturated carbocycles. The number of ketones is 2. The van der Waals surface area contributed by atoms with Crippen molar-refractivity contribution in [3.63, 3.8) is 0 Å². The number of carboxylic acid groups (broad SMARTS) is 2. The van der Waals surface area contributed by atoms with E-state index in [0.29, 0.717) is 0 Å². The zero-order valence-electron chi connectivity index (χ0n) is 17.2. The van der Waals surface area contributed by atoms with Crippen LogP contribution in [-0.4, -0.2) is 61.9 Å². The Morgan fingerprint density at radius 2 is 0.821 bits per heavy atom. The summed E-state index contributed by atoms with van der Waals surface area (Å²) in [6.45, 7) is 2.35. The summed E-state index contributed by atoms with van der Waals surface area (Å²) in [7, 11) is 7.50. The second-order valence-electron chi connectivity index (χ2n) is 6.42. The minimum atomic E-state index is -1.34. The standard InChI is InChI=1S/C10H12O6.C4H8.2C2H7N.CH4.Y/c1-3(11)5-6(4(2)12)8(10(15)16)7(5)9(13)14;1-2-4-3-1;2*1-3-2;;/h5-8H,1-2H3,(H,13,14)(H,15,16);1-4H2;2*3H,1-2H3;1H4;. The first-order chi connectivity index (χ1) is 12.1. The van der Waals surface area contributed by atoms with Crippen LogP contribution in [0.2, 0.25) is 0 Å². The van der Waals surface area contributed by atoms with Gasteiger partial charge in [-0.2, -0.15) is 0 Å². The van der Waals surface area contributed by atoms with E-state index in [2.05, 4.69) is 10.6 Å². The summed E-state index contributed by atoms with van der Waals surface area (Å²) < 4.78 is 0. The maximum atomic E-state index is 11.2. The van der Waals surface area contributed by atoms with Crippen molar-refractivity contribution in [3.05, 3.63) is 0 Å². The normalized spacial score (nSPS) is 23.4. The van der Waals surface area contributed by atoms with Gasteiger partial charge in [-0.25, -0.2) is 0 Å². The maximum absolute atomic E-state index is 11.2. The summed E-state index contributed by atoms with van der Waals surface area (Å²) >= 11 is 0. The van der Waals surface area contributed by atoms with Crippen LogP contribution < -0.4 is 10.6 Å². The summed E-state index contributed by atoms with van der Waals surface area (Å²) in [4.78, 5) is 44.1. The third-order valence-electron chi connectivity index (χ3n) is 4.06. The van der Waals surface area contributed by atoms with E-state index in [4.69, 9.17) is 10.2 Å². The van der Waals surface area contributed by atoms with Gasteiger partial charge in [0.2, 0.25) is 0 Å². The number of Topliss-reactive ketones (excluding diaryl/α,β-unsaturated/α-hetero) is 2. The monoisotopic (exact) mass is 479 g/mol. The van der Waals surface area contributed by atoms with E-state index < -0.39 is 47.2 Å². The van der Waals surface area contributed by atoms with Gasteiger partial charge in [0, 0.05) is 44.5 Å². The molecule has 0 spiro atoms. The molecule has 4 unspecified atom stereocenters. The molecular formula is C19H38N2O6Y. The number of hydrogen-bond donors (Lipinski definition) is 4. The first kappa shape index (κ1) is 34.8. The molecule has 1 radical (unpaired) electrons. The van der Waals surface area contributed by atoms with Crippen molar-refractivity contribution in [2.45, 2.75) is 47.0 Å². The molecule has 0 saturated heterocycles. The summed E-state index contributed by atoms with van der Waals surface area (Å²) in [5.74, 6) is -8.18. The Morgan fingerprint density at radius 1 is 0.643 bits per heavy atom. The molecule has 8 nitrogen and oxygen atoms in total. The van der Waals surface area contributed by atoms with E-state index in [-0.39, 0.29) is 40.1 Å². The number of hydrogen-bond acceptors (Lipinski definition) is 6. The van der Waals surface area contributed by atoms with Gasteiger partial charge in [0.1, 0.15) is 11.6 Å². The topological polar surface area (TPSA) is 133 Å². The molecule has 4 N–H and O–H groups in total. The zero-order chi connectivity index (χ0) is 20.9. The Bertz CT molecular complexity index is 383. The van der Waals surface area contributed by atoms with Gasteiger partial charge in [-0.05, 0) is 42.0 Å². The van der Waals surface area contributed by atoms with Crippen LogP contribution in [-0.2, 0) is 51.9 Å². The fourth-order valence-corrected chi connectivity index (χ4v) is 2.62. The van der Waals surface area contributed by atoms with Gasteiger partial charge < -0.3 is 20.8 Å². The fraction of sp³-hybridized carbons (Fsp3) is 0.789. The Labute approximate surface area is 194 Å². The molecule has 2 fully saturated rings. The van der Waals surface area contributed by atoms with Crippen molar-refractivity contribution in [3.8, 4) is 0 Å². The molecule has 163 valence electrons. The first-order valence-corrected chi connectivity index (χ1v) is 8.75. The van der Waals surface area contributed by atoms with Crippen LogP contribution in [0.25, 0.3) is 0 Å². The summed E-state index contributed by atoms with van der Waals surface area (Å²) in [6.07, 6.45) is 6.00. The van der Waals surface area contributed by atoms with Crippen molar-refractivity contribution >= 4 is 23.5 Å². The largest absolute Gasteiger partial charge is 0.481 e. The maximum Gasteiger partial charge on any atom is 0.308 e. The van der Waals surface area contributed by atoms with E-state index in [9.17, 15) is 19.2 Å². The quantitative estimate of drug-likeness (QED) is 0.479. The first-order valence-electron chi connectivity index (χ1n) is 8.75. The SMILES string of the molecule is C.C1CCC1.CC(=O)C1C(C(C)=O)C(C(=O)O)C1C(=O)O.CNC.CNC.[Y]. The third-order valence-corrected chi connectivity index (χ3v) is 4.06.